The van der Waals surface area contributed by atoms with Crippen molar-refractivity contribution in [3.63, 3.8) is 0 Å². The maximum atomic E-state index is 12.5. The fourth-order valence-corrected chi connectivity index (χ4v) is 3.59. The van der Waals surface area contributed by atoms with Gasteiger partial charge >= 0.3 is 0 Å². The minimum Gasteiger partial charge on any atom is -0.461 e. The van der Waals surface area contributed by atoms with Crippen LogP contribution in [0.25, 0.3) is 0 Å². The maximum absolute atomic E-state index is 12.5. The standard InChI is InChI=1S/C16H19N3O3S/c1-11-15(23-12(2)17-11)16(21)19-7-5-18(6-8-19)10-13(20)14-4-3-9-22-14/h3-4,9H,5-8,10H2,1-2H3. The Labute approximate surface area is 138 Å². The van der Waals surface area contributed by atoms with E-state index in [-0.39, 0.29) is 11.7 Å². The molecule has 0 radical (unpaired) electrons. The number of furan rings is 1. The van der Waals surface area contributed by atoms with Gasteiger partial charge in [0, 0.05) is 26.2 Å². The summed E-state index contributed by atoms with van der Waals surface area (Å²) in [6.45, 7) is 6.74. The number of Topliss-reactive ketones (excluding diaryl/α,β-unsaturated/α-hetero) is 1. The van der Waals surface area contributed by atoms with Crippen LogP contribution in [0.1, 0.15) is 30.9 Å². The van der Waals surface area contributed by atoms with Crippen LogP contribution in [0.2, 0.25) is 0 Å². The topological polar surface area (TPSA) is 66.7 Å². The molecule has 1 fully saturated rings. The Bertz CT molecular complexity index is 700. The molecule has 0 aliphatic carbocycles. The van der Waals surface area contributed by atoms with Crippen LogP contribution < -0.4 is 0 Å². The first-order valence-electron chi connectivity index (χ1n) is 7.57. The zero-order valence-electron chi connectivity index (χ0n) is 13.2. The van der Waals surface area contributed by atoms with Crippen molar-refractivity contribution in [1.29, 1.82) is 0 Å². The zero-order valence-corrected chi connectivity index (χ0v) is 14.1. The number of ketones is 1. The molecule has 1 amide bonds. The van der Waals surface area contributed by atoms with Gasteiger partial charge in [-0.2, -0.15) is 0 Å². The third-order valence-corrected chi connectivity index (χ3v) is 4.98. The van der Waals surface area contributed by atoms with Gasteiger partial charge in [-0.25, -0.2) is 4.98 Å². The average Bonchev–Trinajstić information content (AvgIpc) is 3.17. The minimum atomic E-state index is -0.0243. The molecule has 3 heterocycles. The monoisotopic (exact) mass is 333 g/mol. The van der Waals surface area contributed by atoms with Crippen molar-refractivity contribution in [2.75, 3.05) is 32.7 Å². The molecule has 0 unspecified atom stereocenters. The number of carbonyl (C=O) groups is 2. The summed E-state index contributed by atoms with van der Waals surface area (Å²) in [5.41, 5.74) is 0.799. The molecule has 0 bridgehead atoms. The molecule has 1 aliphatic heterocycles. The van der Waals surface area contributed by atoms with Gasteiger partial charge in [0.25, 0.3) is 5.91 Å². The van der Waals surface area contributed by atoms with E-state index in [4.69, 9.17) is 4.42 Å². The number of nitrogens with zero attached hydrogens (tertiary/aromatic N) is 3. The van der Waals surface area contributed by atoms with Crippen molar-refractivity contribution in [2.24, 2.45) is 0 Å². The number of amides is 1. The summed E-state index contributed by atoms with van der Waals surface area (Å²) < 4.78 is 5.12. The van der Waals surface area contributed by atoms with Crippen molar-refractivity contribution in [2.45, 2.75) is 13.8 Å². The summed E-state index contributed by atoms with van der Waals surface area (Å²) in [5.74, 6) is 0.410. The lowest BCUT2D eigenvalue weighted by atomic mass is 10.2. The number of hydrogen-bond acceptors (Lipinski definition) is 6. The van der Waals surface area contributed by atoms with E-state index in [9.17, 15) is 9.59 Å². The average molecular weight is 333 g/mol. The molecule has 0 N–H and O–H groups in total. The van der Waals surface area contributed by atoms with Crippen LogP contribution in [-0.4, -0.2) is 59.2 Å². The second-order valence-electron chi connectivity index (χ2n) is 5.62. The van der Waals surface area contributed by atoms with Gasteiger partial charge in [0.15, 0.2) is 5.76 Å². The van der Waals surface area contributed by atoms with Crippen LogP contribution in [0.5, 0.6) is 0 Å². The normalized spacial score (nSPS) is 15.8. The molecule has 2 aromatic heterocycles. The van der Waals surface area contributed by atoms with Crippen molar-refractivity contribution >= 4 is 23.0 Å². The van der Waals surface area contributed by atoms with Gasteiger partial charge in [-0.3, -0.25) is 14.5 Å². The van der Waals surface area contributed by atoms with Crippen molar-refractivity contribution in [1.82, 2.24) is 14.8 Å². The van der Waals surface area contributed by atoms with Gasteiger partial charge in [0.05, 0.1) is 23.5 Å². The van der Waals surface area contributed by atoms with E-state index in [0.717, 1.165) is 15.6 Å². The second-order valence-corrected chi connectivity index (χ2v) is 6.82. The van der Waals surface area contributed by atoms with Gasteiger partial charge in [-0.15, -0.1) is 11.3 Å². The lowest BCUT2D eigenvalue weighted by Crippen LogP contribution is -2.49. The first-order chi connectivity index (χ1) is 11.0. The molecule has 0 spiro atoms. The van der Waals surface area contributed by atoms with E-state index in [1.165, 1.54) is 17.6 Å². The van der Waals surface area contributed by atoms with Gasteiger partial charge < -0.3 is 9.32 Å². The summed E-state index contributed by atoms with van der Waals surface area (Å²) in [6.07, 6.45) is 1.50. The first kappa shape index (κ1) is 15.9. The summed E-state index contributed by atoms with van der Waals surface area (Å²) in [5, 5.41) is 0.911. The minimum absolute atomic E-state index is 0.0243. The molecule has 1 saturated heterocycles. The Morgan fingerprint density at radius 2 is 2.00 bits per heavy atom. The van der Waals surface area contributed by atoms with Crippen LogP contribution in [-0.2, 0) is 0 Å². The van der Waals surface area contributed by atoms with Crippen LogP contribution in [0.15, 0.2) is 22.8 Å². The zero-order chi connectivity index (χ0) is 16.4. The van der Waals surface area contributed by atoms with Gasteiger partial charge in [0.2, 0.25) is 5.78 Å². The van der Waals surface area contributed by atoms with Crippen molar-refractivity contribution in [3.8, 4) is 0 Å². The molecule has 3 rings (SSSR count). The highest BCUT2D eigenvalue weighted by Crippen LogP contribution is 2.20. The SMILES string of the molecule is Cc1nc(C)c(C(=O)N2CCN(CC(=O)c3ccco3)CC2)s1. The summed E-state index contributed by atoms with van der Waals surface area (Å²) in [4.78, 5) is 33.5. The molecule has 0 aromatic carbocycles. The van der Waals surface area contributed by atoms with Crippen LogP contribution in [0.3, 0.4) is 0 Å². The summed E-state index contributed by atoms with van der Waals surface area (Å²) in [6, 6.07) is 3.39. The Hall–Kier alpha value is -1.99. The molecule has 2 aromatic rings. The maximum Gasteiger partial charge on any atom is 0.265 e. The molecule has 6 nitrogen and oxygen atoms in total. The predicted molar refractivity (Wildman–Crippen MR) is 87.0 cm³/mol. The number of piperazine rings is 1. The molecule has 0 saturated carbocycles. The Morgan fingerprint density at radius 1 is 1.26 bits per heavy atom. The molecule has 7 heteroatoms. The predicted octanol–water partition coefficient (Wildman–Crippen LogP) is 1.99. The first-order valence-corrected chi connectivity index (χ1v) is 8.38. The molecule has 122 valence electrons. The van der Waals surface area contributed by atoms with Crippen LogP contribution >= 0.6 is 11.3 Å². The number of thiazole rings is 1. The summed E-state index contributed by atoms with van der Waals surface area (Å²) in [7, 11) is 0. The highest BCUT2D eigenvalue weighted by Gasteiger charge is 2.26. The smallest absolute Gasteiger partial charge is 0.265 e. The number of aryl methyl sites for hydroxylation is 2. The van der Waals surface area contributed by atoms with Gasteiger partial charge in [-0.1, -0.05) is 0 Å². The van der Waals surface area contributed by atoms with Crippen LogP contribution in [0.4, 0.5) is 0 Å². The van der Waals surface area contributed by atoms with Gasteiger partial charge in [0.1, 0.15) is 4.88 Å². The van der Waals surface area contributed by atoms with Crippen molar-refractivity contribution < 1.29 is 14.0 Å². The molecule has 23 heavy (non-hydrogen) atoms. The molecule has 0 atom stereocenters. The summed E-state index contributed by atoms with van der Waals surface area (Å²) >= 11 is 1.44. The number of carbonyl (C=O) groups excluding carboxylic acids is 2. The van der Waals surface area contributed by atoms with Crippen molar-refractivity contribution in [3.05, 3.63) is 39.7 Å². The van der Waals surface area contributed by atoms with E-state index in [1.807, 2.05) is 18.7 Å². The Morgan fingerprint density at radius 3 is 2.57 bits per heavy atom. The van der Waals surface area contributed by atoms with Crippen LogP contribution in [0, 0.1) is 13.8 Å². The largest absolute Gasteiger partial charge is 0.461 e. The van der Waals surface area contributed by atoms with E-state index in [2.05, 4.69) is 9.88 Å². The Balaban J connectivity index is 1.55. The third-order valence-electron chi connectivity index (χ3n) is 3.92. The fraction of sp³-hybridized carbons (Fsp3) is 0.438. The van der Waals surface area contributed by atoms with E-state index in [0.29, 0.717) is 38.5 Å². The quantitative estimate of drug-likeness (QED) is 0.801. The van der Waals surface area contributed by atoms with Gasteiger partial charge in [-0.05, 0) is 26.0 Å². The third kappa shape index (κ3) is 3.51. The molecular weight excluding hydrogens is 314 g/mol. The molecular formula is C16H19N3O3S. The highest BCUT2D eigenvalue weighted by molar-refractivity contribution is 7.13. The second kappa shape index (κ2) is 6.64. The Kier molecular flexibility index (Phi) is 4.58. The van der Waals surface area contributed by atoms with E-state index in [1.54, 1.807) is 12.1 Å². The fourth-order valence-electron chi connectivity index (χ4n) is 2.70. The molecule has 1 aliphatic rings. The lowest BCUT2D eigenvalue weighted by Gasteiger charge is -2.34. The number of rotatable bonds is 4. The lowest BCUT2D eigenvalue weighted by molar-refractivity contribution is 0.0623. The van der Waals surface area contributed by atoms with E-state index < -0.39 is 0 Å². The number of hydrogen-bond donors (Lipinski definition) is 0. The van der Waals surface area contributed by atoms with E-state index >= 15 is 0 Å². The highest BCUT2D eigenvalue weighted by atomic mass is 32.1. The number of aromatic nitrogens is 1.